The van der Waals surface area contributed by atoms with E-state index in [1.54, 1.807) is 0 Å². The molecule has 0 aromatic carbocycles. The first-order valence-electron chi connectivity index (χ1n) is 6.16. The molecule has 1 unspecified atom stereocenters. The van der Waals surface area contributed by atoms with E-state index in [1.807, 2.05) is 24.6 Å². The molecule has 102 valence electrons. The molecule has 0 bridgehead atoms. The lowest BCUT2D eigenvalue weighted by Gasteiger charge is -2.14. The molecular formula is C12H22N4O2. The summed E-state index contributed by atoms with van der Waals surface area (Å²) in [6.07, 6.45) is 0. The van der Waals surface area contributed by atoms with Gasteiger partial charge < -0.3 is 15.7 Å². The van der Waals surface area contributed by atoms with Crippen LogP contribution in [0, 0.1) is 19.8 Å². The number of hydrogen-bond donors (Lipinski definition) is 3. The molecule has 6 nitrogen and oxygen atoms in total. The second-order valence-electron chi connectivity index (χ2n) is 4.57. The fourth-order valence-electron chi connectivity index (χ4n) is 1.72. The van der Waals surface area contributed by atoms with Gasteiger partial charge in [0, 0.05) is 25.3 Å². The van der Waals surface area contributed by atoms with Crippen molar-refractivity contribution >= 4 is 6.03 Å². The topological polar surface area (TPSA) is 79.2 Å². The van der Waals surface area contributed by atoms with Crippen LogP contribution < -0.4 is 10.6 Å². The first-order chi connectivity index (χ1) is 8.52. The number of aliphatic hydroxyl groups is 1. The minimum atomic E-state index is -0.246. The van der Waals surface area contributed by atoms with Crippen molar-refractivity contribution in [2.45, 2.75) is 27.3 Å². The van der Waals surface area contributed by atoms with Crippen LogP contribution in [-0.4, -0.2) is 40.6 Å². The molecule has 0 radical (unpaired) electrons. The van der Waals surface area contributed by atoms with Gasteiger partial charge in [0.2, 0.25) is 0 Å². The number of aryl methyl sites for hydroxylation is 2. The predicted molar refractivity (Wildman–Crippen MR) is 69.4 cm³/mol. The SMILES string of the molecule is Cc1cc(C)n(CC(C)CNC(=O)NCCO)n1. The summed E-state index contributed by atoms with van der Waals surface area (Å²) in [6.45, 7) is 7.63. The molecule has 0 spiro atoms. The molecule has 0 aliphatic carbocycles. The molecular weight excluding hydrogens is 232 g/mol. The maximum atomic E-state index is 11.3. The van der Waals surface area contributed by atoms with Gasteiger partial charge in [0.25, 0.3) is 0 Å². The van der Waals surface area contributed by atoms with Crippen LogP contribution in [0.15, 0.2) is 6.07 Å². The lowest BCUT2D eigenvalue weighted by molar-refractivity contribution is 0.232. The maximum absolute atomic E-state index is 11.3. The lowest BCUT2D eigenvalue weighted by Crippen LogP contribution is -2.39. The van der Waals surface area contributed by atoms with Gasteiger partial charge in [-0.05, 0) is 25.8 Å². The molecule has 1 aromatic rings. The minimum Gasteiger partial charge on any atom is -0.395 e. The Kier molecular flexibility index (Phi) is 5.64. The third-order valence-electron chi connectivity index (χ3n) is 2.60. The van der Waals surface area contributed by atoms with Crippen LogP contribution in [0.3, 0.4) is 0 Å². The van der Waals surface area contributed by atoms with Gasteiger partial charge in [0.15, 0.2) is 0 Å². The summed E-state index contributed by atoms with van der Waals surface area (Å²) in [5.74, 6) is 0.294. The predicted octanol–water partition coefficient (Wildman–Crippen LogP) is 0.428. The monoisotopic (exact) mass is 254 g/mol. The van der Waals surface area contributed by atoms with Crippen molar-refractivity contribution in [2.75, 3.05) is 19.7 Å². The number of nitrogens with one attached hydrogen (secondary N) is 2. The summed E-state index contributed by atoms with van der Waals surface area (Å²) in [7, 11) is 0. The van der Waals surface area contributed by atoms with Crippen LogP contribution in [0.2, 0.25) is 0 Å². The summed E-state index contributed by atoms with van der Waals surface area (Å²) >= 11 is 0. The van der Waals surface area contributed by atoms with E-state index < -0.39 is 0 Å². The van der Waals surface area contributed by atoms with Gasteiger partial charge in [0.05, 0.1) is 12.3 Å². The Bertz CT molecular complexity index is 389. The van der Waals surface area contributed by atoms with Gasteiger partial charge in [-0.2, -0.15) is 5.10 Å². The van der Waals surface area contributed by atoms with E-state index in [2.05, 4.69) is 22.7 Å². The Morgan fingerprint density at radius 3 is 2.78 bits per heavy atom. The van der Waals surface area contributed by atoms with Crippen molar-refractivity contribution in [3.05, 3.63) is 17.5 Å². The molecule has 3 N–H and O–H groups in total. The highest BCUT2D eigenvalue weighted by Crippen LogP contribution is 2.05. The smallest absolute Gasteiger partial charge is 0.314 e. The number of rotatable bonds is 6. The first kappa shape index (κ1) is 14.5. The summed E-state index contributed by atoms with van der Waals surface area (Å²) in [4.78, 5) is 11.3. The van der Waals surface area contributed by atoms with E-state index in [-0.39, 0.29) is 19.2 Å². The third-order valence-corrected chi connectivity index (χ3v) is 2.60. The average molecular weight is 254 g/mol. The first-order valence-corrected chi connectivity index (χ1v) is 6.16. The molecule has 1 aromatic heterocycles. The summed E-state index contributed by atoms with van der Waals surface area (Å²) in [6, 6.07) is 1.79. The molecule has 1 atom stereocenters. The van der Waals surface area contributed by atoms with Crippen LogP contribution in [-0.2, 0) is 6.54 Å². The highest BCUT2D eigenvalue weighted by atomic mass is 16.3. The normalized spacial score (nSPS) is 12.2. The Labute approximate surface area is 107 Å². The van der Waals surface area contributed by atoms with Crippen molar-refractivity contribution in [1.82, 2.24) is 20.4 Å². The van der Waals surface area contributed by atoms with Crippen molar-refractivity contribution in [1.29, 1.82) is 0 Å². The Morgan fingerprint density at radius 1 is 1.50 bits per heavy atom. The van der Waals surface area contributed by atoms with Gasteiger partial charge in [-0.25, -0.2) is 4.79 Å². The number of urea groups is 1. The van der Waals surface area contributed by atoms with E-state index in [1.165, 1.54) is 0 Å². The van der Waals surface area contributed by atoms with E-state index in [0.29, 0.717) is 12.5 Å². The van der Waals surface area contributed by atoms with Crippen LogP contribution in [0.5, 0.6) is 0 Å². The van der Waals surface area contributed by atoms with Crippen LogP contribution in [0.1, 0.15) is 18.3 Å². The highest BCUT2D eigenvalue weighted by Gasteiger charge is 2.08. The number of aromatic nitrogens is 2. The zero-order valence-corrected chi connectivity index (χ0v) is 11.2. The van der Waals surface area contributed by atoms with Crippen molar-refractivity contribution in [3.63, 3.8) is 0 Å². The largest absolute Gasteiger partial charge is 0.395 e. The van der Waals surface area contributed by atoms with Crippen molar-refractivity contribution in [3.8, 4) is 0 Å². The number of amides is 2. The summed E-state index contributed by atoms with van der Waals surface area (Å²) in [5, 5.41) is 18.3. The molecule has 1 heterocycles. The fourth-order valence-corrected chi connectivity index (χ4v) is 1.72. The van der Waals surface area contributed by atoms with Gasteiger partial charge >= 0.3 is 6.03 Å². The molecule has 18 heavy (non-hydrogen) atoms. The maximum Gasteiger partial charge on any atom is 0.314 e. The van der Waals surface area contributed by atoms with Gasteiger partial charge in [0.1, 0.15) is 0 Å². The minimum absolute atomic E-state index is 0.0469. The number of carbonyl (C=O) groups excluding carboxylic acids is 1. The standard InChI is InChI=1S/C12H22N4O2/c1-9(7-14-12(18)13-4-5-17)8-16-11(3)6-10(2)15-16/h6,9,17H,4-5,7-8H2,1-3H3,(H2,13,14,18). The van der Waals surface area contributed by atoms with Gasteiger partial charge in [-0.1, -0.05) is 6.92 Å². The molecule has 2 amide bonds. The quantitative estimate of drug-likeness (QED) is 0.688. The summed E-state index contributed by atoms with van der Waals surface area (Å²) in [5.41, 5.74) is 2.14. The molecule has 0 saturated heterocycles. The molecule has 6 heteroatoms. The molecule has 0 aliphatic heterocycles. The lowest BCUT2D eigenvalue weighted by atomic mass is 10.2. The van der Waals surface area contributed by atoms with Gasteiger partial charge in [-0.3, -0.25) is 4.68 Å². The molecule has 0 aliphatic rings. The average Bonchev–Trinajstić information content (AvgIpc) is 2.62. The Balaban J connectivity index is 2.31. The Hall–Kier alpha value is -1.56. The highest BCUT2D eigenvalue weighted by molar-refractivity contribution is 5.73. The second kappa shape index (κ2) is 7.00. The number of nitrogens with zero attached hydrogens (tertiary/aromatic N) is 2. The second-order valence-corrected chi connectivity index (χ2v) is 4.57. The number of aliphatic hydroxyl groups excluding tert-OH is 1. The molecule has 0 saturated carbocycles. The Morgan fingerprint density at radius 2 is 2.22 bits per heavy atom. The van der Waals surface area contributed by atoms with E-state index in [9.17, 15) is 4.79 Å². The number of hydrogen-bond acceptors (Lipinski definition) is 3. The number of carbonyl (C=O) groups is 1. The van der Waals surface area contributed by atoms with Gasteiger partial charge in [-0.15, -0.1) is 0 Å². The zero-order chi connectivity index (χ0) is 13.5. The third kappa shape index (κ3) is 4.75. The van der Waals surface area contributed by atoms with Crippen LogP contribution >= 0.6 is 0 Å². The molecule has 0 fully saturated rings. The molecule has 1 rings (SSSR count). The van der Waals surface area contributed by atoms with Crippen LogP contribution in [0.25, 0.3) is 0 Å². The van der Waals surface area contributed by atoms with E-state index in [0.717, 1.165) is 17.9 Å². The fraction of sp³-hybridized carbons (Fsp3) is 0.667. The van der Waals surface area contributed by atoms with Crippen molar-refractivity contribution in [2.24, 2.45) is 5.92 Å². The van der Waals surface area contributed by atoms with E-state index >= 15 is 0 Å². The summed E-state index contributed by atoms with van der Waals surface area (Å²) < 4.78 is 1.95. The van der Waals surface area contributed by atoms with Crippen LogP contribution in [0.4, 0.5) is 4.79 Å². The zero-order valence-electron chi connectivity index (χ0n) is 11.2. The van der Waals surface area contributed by atoms with E-state index in [4.69, 9.17) is 5.11 Å². The van der Waals surface area contributed by atoms with Crippen molar-refractivity contribution < 1.29 is 9.90 Å².